The van der Waals surface area contributed by atoms with Crippen LogP contribution in [-0.4, -0.2) is 55.0 Å². The summed E-state index contributed by atoms with van der Waals surface area (Å²) >= 11 is 0. The minimum atomic E-state index is -3.28. The number of hydrogen-bond acceptors (Lipinski definition) is 3. The Hall–Kier alpha value is -0.620. The van der Waals surface area contributed by atoms with Gasteiger partial charge in [-0.3, -0.25) is 4.79 Å². The van der Waals surface area contributed by atoms with Gasteiger partial charge in [-0.05, 0) is 32.6 Å². The summed E-state index contributed by atoms with van der Waals surface area (Å²) in [6.45, 7) is 7.76. The van der Waals surface area contributed by atoms with E-state index in [4.69, 9.17) is 0 Å². The van der Waals surface area contributed by atoms with Gasteiger partial charge in [0.2, 0.25) is 15.9 Å². The van der Waals surface area contributed by atoms with Crippen LogP contribution in [0.2, 0.25) is 0 Å². The van der Waals surface area contributed by atoms with Crippen molar-refractivity contribution in [1.29, 1.82) is 0 Å². The van der Waals surface area contributed by atoms with Crippen molar-refractivity contribution in [2.45, 2.75) is 58.9 Å². The molecule has 1 atom stereocenters. The fourth-order valence-electron chi connectivity index (χ4n) is 2.68. The van der Waals surface area contributed by atoms with E-state index in [9.17, 15) is 13.2 Å². The molecule has 1 fully saturated rings. The van der Waals surface area contributed by atoms with Crippen LogP contribution in [0.1, 0.15) is 52.9 Å². The van der Waals surface area contributed by atoms with E-state index >= 15 is 0 Å². The first-order valence-corrected chi connectivity index (χ1v) is 9.37. The molecule has 1 rings (SSSR count). The van der Waals surface area contributed by atoms with Gasteiger partial charge < -0.3 is 4.90 Å². The minimum absolute atomic E-state index is 0.0156. The molecule has 1 amide bonds. The summed E-state index contributed by atoms with van der Waals surface area (Å²) in [7, 11) is -3.28. The van der Waals surface area contributed by atoms with Crippen molar-refractivity contribution in [2.24, 2.45) is 0 Å². The van der Waals surface area contributed by atoms with Gasteiger partial charge in [-0.25, -0.2) is 8.42 Å². The Kier molecular flexibility index (Phi) is 6.95. The first-order valence-electron chi connectivity index (χ1n) is 7.76. The highest BCUT2D eigenvalue weighted by atomic mass is 32.2. The maximum atomic E-state index is 12.6. The molecule has 1 aliphatic heterocycles. The Morgan fingerprint density at radius 2 is 1.95 bits per heavy atom. The predicted octanol–water partition coefficient (Wildman–Crippen LogP) is 1.84. The lowest BCUT2D eigenvalue weighted by molar-refractivity contribution is -0.134. The summed E-state index contributed by atoms with van der Waals surface area (Å²) in [5.41, 5.74) is 0. The lowest BCUT2D eigenvalue weighted by Gasteiger charge is -2.29. The Balaban J connectivity index is 2.80. The summed E-state index contributed by atoms with van der Waals surface area (Å²) < 4.78 is 25.9. The molecule has 5 nitrogen and oxygen atoms in total. The number of sulfonamides is 1. The Morgan fingerprint density at radius 1 is 1.25 bits per heavy atom. The summed E-state index contributed by atoms with van der Waals surface area (Å²) in [6, 6.07) is -0.469. The second kappa shape index (κ2) is 7.98. The Morgan fingerprint density at radius 3 is 2.50 bits per heavy atom. The van der Waals surface area contributed by atoms with E-state index < -0.39 is 16.1 Å². The largest absolute Gasteiger partial charge is 0.342 e. The van der Waals surface area contributed by atoms with Gasteiger partial charge in [0, 0.05) is 19.6 Å². The van der Waals surface area contributed by atoms with Gasteiger partial charge in [-0.1, -0.05) is 20.3 Å². The van der Waals surface area contributed by atoms with Crippen LogP contribution in [0.4, 0.5) is 0 Å². The highest BCUT2D eigenvalue weighted by molar-refractivity contribution is 7.89. The van der Waals surface area contributed by atoms with E-state index in [1.165, 1.54) is 4.31 Å². The van der Waals surface area contributed by atoms with Crippen LogP contribution in [0.25, 0.3) is 0 Å². The van der Waals surface area contributed by atoms with Crippen LogP contribution in [0.5, 0.6) is 0 Å². The van der Waals surface area contributed by atoms with E-state index in [0.717, 1.165) is 25.8 Å². The average Bonchev–Trinajstić information content (AvgIpc) is 2.89. The molecule has 0 saturated carbocycles. The van der Waals surface area contributed by atoms with Crippen LogP contribution in [0.3, 0.4) is 0 Å². The molecular weight excluding hydrogens is 276 g/mol. The molecule has 1 saturated heterocycles. The van der Waals surface area contributed by atoms with Crippen LogP contribution in [-0.2, 0) is 14.8 Å². The van der Waals surface area contributed by atoms with Gasteiger partial charge in [-0.15, -0.1) is 0 Å². The van der Waals surface area contributed by atoms with Crippen molar-refractivity contribution < 1.29 is 13.2 Å². The first kappa shape index (κ1) is 17.4. The highest BCUT2D eigenvalue weighted by Crippen LogP contribution is 2.23. The lowest BCUT2D eigenvalue weighted by atomic mass is 10.2. The molecule has 0 aromatic heterocycles. The lowest BCUT2D eigenvalue weighted by Crippen LogP contribution is -2.48. The molecule has 20 heavy (non-hydrogen) atoms. The van der Waals surface area contributed by atoms with Crippen molar-refractivity contribution in [3.8, 4) is 0 Å². The maximum Gasteiger partial charge on any atom is 0.241 e. The van der Waals surface area contributed by atoms with Crippen LogP contribution >= 0.6 is 0 Å². The normalized spacial score (nSPS) is 20.2. The fraction of sp³-hybridized carbons (Fsp3) is 0.929. The third-order valence-corrected chi connectivity index (χ3v) is 5.86. The molecule has 1 unspecified atom stereocenters. The summed E-state index contributed by atoms with van der Waals surface area (Å²) in [5, 5.41) is 0. The van der Waals surface area contributed by atoms with Gasteiger partial charge in [-0.2, -0.15) is 4.31 Å². The molecule has 118 valence electrons. The zero-order valence-electron chi connectivity index (χ0n) is 13.0. The number of carbonyl (C=O) groups excluding carboxylic acids is 1. The Labute approximate surface area is 123 Å². The molecule has 0 aliphatic carbocycles. The first-order chi connectivity index (χ1) is 9.47. The number of hydrogen-bond donors (Lipinski definition) is 0. The second-order valence-corrected chi connectivity index (χ2v) is 7.40. The van der Waals surface area contributed by atoms with Crippen molar-refractivity contribution in [3.05, 3.63) is 0 Å². The molecule has 0 aromatic carbocycles. The van der Waals surface area contributed by atoms with Crippen molar-refractivity contribution in [2.75, 3.05) is 25.4 Å². The number of unbranched alkanes of at least 4 members (excludes halogenated alkanes) is 1. The smallest absolute Gasteiger partial charge is 0.241 e. The molecule has 0 spiro atoms. The van der Waals surface area contributed by atoms with Gasteiger partial charge in [0.15, 0.2) is 0 Å². The van der Waals surface area contributed by atoms with Gasteiger partial charge in [0.05, 0.1) is 5.75 Å². The highest BCUT2D eigenvalue weighted by Gasteiger charge is 2.39. The molecule has 0 radical (unpaired) electrons. The van der Waals surface area contributed by atoms with E-state index in [0.29, 0.717) is 25.9 Å². The monoisotopic (exact) mass is 304 g/mol. The number of nitrogens with zero attached hydrogens (tertiary/aromatic N) is 2. The standard InChI is InChI=1S/C14H28N2O3S/c1-4-7-10-15(6-3)14(17)13-9-8-11-16(13)20(18,19)12-5-2/h13H,4-12H2,1-3H3. The molecule has 1 aliphatic rings. The van der Waals surface area contributed by atoms with E-state index in [-0.39, 0.29) is 11.7 Å². The topological polar surface area (TPSA) is 57.7 Å². The van der Waals surface area contributed by atoms with Crippen LogP contribution in [0.15, 0.2) is 0 Å². The zero-order chi connectivity index (χ0) is 15.2. The Bertz CT molecular complexity index is 409. The van der Waals surface area contributed by atoms with Gasteiger partial charge >= 0.3 is 0 Å². The summed E-state index contributed by atoms with van der Waals surface area (Å²) in [6.07, 6.45) is 4.03. The fourth-order valence-corrected chi connectivity index (χ4v) is 4.42. The van der Waals surface area contributed by atoms with E-state index in [1.807, 2.05) is 13.8 Å². The quantitative estimate of drug-likeness (QED) is 0.687. The molecule has 0 aromatic rings. The van der Waals surface area contributed by atoms with Gasteiger partial charge in [0.25, 0.3) is 0 Å². The van der Waals surface area contributed by atoms with Crippen molar-refractivity contribution >= 4 is 15.9 Å². The zero-order valence-corrected chi connectivity index (χ0v) is 13.8. The van der Waals surface area contributed by atoms with E-state index in [1.54, 1.807) is 4.90 Å². The molecular formula is C14H28N2O3S. The number of carbonyl (C=O) groups is 1. The SMILES string of the molecule is CCCCN(CC)C(=O)C1CCCN1S(=O)(=O)CCC. The van der Waals surface area contributed by atoms with E-state index in [2.05, 4.69) is 6.92 Å². The third kappa shape index (κ3) is 4.19. The maximum absolute atomic E-state index is 12.6. The number of likely N-dealkylation sites (N-methyl/N-ethyl adjacent to an activating group) is 1. The third-order valence-electron chi connectivity index (χ3n) is 3.78. The number of amides is 1. The molecule has 6 heteroatoms. The van der Waals surface area contributed by atoms with Crippen molar-refractivity contribution in [3.63, 3.8) is 0 Å². The molecule has 0 bridgehead atoms. The predicted molar refractivity (Wildman–Crippen MR) is 81.0 cm³/mol. The summed E-state index contributed by atoms with van der Waals surface area (Å²) in [4.78, 5) is 14.4. The van der Waals surface area contributed by atoms with Crippen LogP contribution in [0, 0.1) is 0 Å². The molecule has 1 heterocycles. The van der Waals surface area contributed by atoms with Crippen molar-refractivity contribution in [1.82, 2.24) is 9.21 Å². The average molecular weight is 304 g/mol. The van der Waals surface area contributed by atoms with Crippen LogP contribution < -0.4 is 0 Å². The van der Waals surface area contributed by atoms with Gasteiger partial charge in [0.1, 0.15) is 6.04 Å². The number of rotatable bonds is 8. The minimum Gasteiger partial charge on any atom is -0.342 e. The molecule has 0 N–H and O–H groups in total. The summed E-state index contributed by atoms with van der Waals surface area (Å²) in [5.74, 6) is 0.121. The second-order valence-electron chi connectivity index (χ2n) is 5.36.